The van der Waals surface area contributed by atoms with Crippen molar-refractivity contribution in [2.45, 2.75) is 13.3 Å². The van der Waals surface area contributed by atoms with Crippen molar-refractivity contribution >= 4 is 23.2 Å². The number of aromatic nitrogens is 2. The van der Waals surface area contributed by atoms with E-state index in [1.54, 1.807) is 12.3 Å². The van der Waals surface area contributed by atoms with E-state index in [0.29, 0.717) is 10.8 Å². The quantitative estimate of drug-likeness (QED) is 0.864. The van der Waals surface area contributed by atoms with Gasteiger partial charge in [-0.2, -0.15) is 0 Å². The lowest BCUT2D eigenvalue weighted by atomic mass is 10.2. The molecule has 0 aliphatic carbocycles. The molecule has 0 aliphatic heterocycles. The van der Waals surface area contributed by atoms with E-state index < -0.39 is 0 Å². The van der Waals surface area contributed by atoms with Crippen molar-refractivity contribution in [3.05, 3.63) is 53.1 Å². The summed E-state index contributed by atoms with van der Waals surface area (Å²) in [5.74, 6) is -0.128. The second kappa shape index (κ2) is 5.60. The minimum absolute atomic E-state index is 0.128. The Kier molecular flexibility index (Phi) is 3.89. The molecule has 0 aliphatic rings. The van der Waals surface area contributed by atoms with E-state index in [2.05, 4.69) is 15.3 Å². The molecular formula is C13H12ClN3O. The number of nitrogens with zero attached hydrogens (tertiary/aromatic N) is 2. The molecule has 2 aromatic heterocycles. The minimum Gasteiger partial charge on any atom is -0.324 e. The van der Waals surface area contributed by atoms with Gasteiger partial charge in [0.25, 0.3) is 0 Å². The Morgan fingerprint density at radius 1 is 1.39 bits per heavy atom. The topological polar surface area (TPSA) is 54.9 Å². The first-order chi connectivity index (χ1) is 8.65. The van der Waals surface area contributed by atoms with Gasteiger partial charge in [-0.3, -0.25) is 9.78 Å². The Morgan fingerprint density at radius 2 is 2.22 bits per heavy atom. The number of carbonyl (C=O) groups is 1. The van der Waals surface area contributed by atoms with E-state index in [1.807, 2.05) is 25.1 Å². The number of amides is 1. The molecule has 0 saturated heterocycles. The number of carbonyl (C=O) groups excluding carboxylic acids is 1. The highest BCUT2D eigenvalue weighted by molar-refractivity contribution is 6.30. The zero-order chi connectivity index (χ0) is 13.0. The number of hydrogen-bond acceptors (Lipinski definition) is 3. The number of halogens is 1. The fourth-order valence-corrected chi connectivity index (χ4v) is 1.60. The molecule has 2 rings (SSSR count). The highest BCUT2D eigenvalue weighted by Crippen LogP contribution is 2.16. The highest BCUT2D eigenvalue weighted by Gasteiger charge is 2.06. The molecule has 18 heavy (non-hydrogen) atoms. The molecule has 1 N–H and O–H groups in total. The average molecular weight is 262 g/mol. The summed E-state index contributed by atoms with van der Waals surface area (Å²) in [6.07, 6.45) is 3.44. The molecule has 0 atom stereocenters. The highest BCUT2D eigenvalue weighted by atomic mass is 35.5. The van der Waals surface area contributed by atoms with E-state index in [4.69, 9.17) is 11.6 Å². The third-order valence-electron chi connectivity index (χ3n) is 2.37. The van der Waals surface area contributed by atoms with Gasteiger partial charge >= 0.3 is 0 Å². The van der Waals surface area contributed by atoms with Gasteiger partial charge in [-0.1, -0.05) is 17.7 Å². The lowest BCUT2D eigenvalue weighted by molar-refractivity contribution is -0.115. The molecule has 0 aromatic carbocycles. The van der Waals surface area contributed by atoms with E-state index in [-0.39, 0.29) is 12.3 Å². The van der Waals surface area contributed by atoms with Gasteiger partial charge in [-0.15, -0.1) is 0 Å². The normalized spacial score (nSPS) is 10.1. The molecule has 0 radical (unpaired) electrons. The monoisotopic (exact) mass is 261 g/mol. The maximum absolute atomic E-state index is 11.8. The number of anilines is 1. The number of nitrogens with one attached hydrogen (secondary N) is 1. The molecular weight excluding hydrogens is 250 g/mol. The standard InChI is InChI=1S/C13H12ClN3O/c1-9-6-11(8-16-13(9)14)17-12(18)7-10-4-2-3-5-15-10/h2-6,8H,7H2,1H3,(H,17,18). The van der Waals surface area contributed by atoms with E-state index in [9.17, 15) is 4.79 Å². The maximum Gasteiger partial charge on any atom is 0.230 e. The van der Waals surface area contributed by atoms with Crippen LogP contribution in [0, 0.1) is 6.92 Å². The van der Waals surface area contributed by atoms with Crippen molar-refractivity contribution in [3.63, 3.8) is 0 Å². The molecule has 4 nitrogen and oxygen atoms in total. The number of pyridine rings is 2. The molecule has 0 fully saturated rings. The van der Waals surface area contributed by atoms with Crippen molar-refractivity contribution in [1.29, 1.82) is 0 Å². The van der Waals surface area contributed by atoms with Gasteiger partial charge in [-0.05, 0) is 30.7 Å². The molecule has 2 aromatic rings. The van der Waals surface area contributed by atoms with E-state index >= 15 is 0 Å². The minimum atomic E-state index is -0.128. The third kappa shape index (κ3) is 3.28. The van der Waals surface area contributed by atoms with Crippen LogP contribution >= 0.6 is 11.6 Å². The van der Waals surface area contributed by atoms with Gasteiger partial charge < -0.3 is 5.32 Å². The fraction of sp³-hybridized carbons (Fsp3) is 0.154. The predicted octanol–water partition coefficient (Wildman–Crippen LogP) is 2.62. The van der Waals surface area contributed by atoms with Crippen molar-refractivity contribution in [2.75, 3.05) is 5.32 Å². The Labute approximate surface area is 110 Å². The van der Waals surface area contributed by atoms with Crippen LogP contribution in [0.2, 0.25) is 5.15 Å². The molecule has 0 saturated carbocycles. The molecule has 1 amide bonds. The van der Waals surface area contributed by atoms with Crippen LogP contribution in [0.5, 0.6) is 0 Å². The van der Waals surface area contributed by atoms with Gasteiger partial charge in [-0.25, -0.2) is 4.98 Å². The molecule has 92 valence electrons. The third-order valence-corrected chi connectivity index (χ3v) is 2.76. The maximum atomic E-state index is 11.8. The second-order valence-corrected chi connectivity index (χ2v) is 4.24. The van der Waals surface area contributed by atoms with Crippen LogP contribution in [0.25, 0.3) is 0 Å². The predicted molar refractivity (Wildman–Crippen MR) is 70.6 cm³/mol. The summed E-state index contributed by atoms with van der Waals surface area (Å²) in [6, 6.07) is 7.26. The van der Waals surface area contributed by atoms with Gasteiger partial charge in [0, 0.05) is 11.9 Å². The summed E-state index contributed by atoms with van der Waals surface area (Å²) in [6.45, 7) is 1.84. The largest absolute Gasteiger partial charge is 0.324 e. The summed E-state index contributed by atoms with van der Waals surface area (Å²) in [5, 5.41) is 3.20. The smallest absolute Gasteiger partial charge is 0.230 e. The summed E-state index contributed by atoms with van der Waals surface area (Å²) in [7, 11) is 0. The average Bonchev–Trinajstić information content (AvgIpc) is 2.35. The van der Waals surface area contributed by atoms with Gasteiger partial charge in [0.15, 0.2) is 0 Å². The first-order valence-corrected chi connectivity index (χ1v) is 5.85. The molecule has 5 heteroatoms. The first kappa shape index (κ1) is 12.5. The van der Waals surface area contributed by atoms with Crippen LogP contribution < -0.4 is 5.32 Å². The summed E-state index contributed by atoms with van der Waals surface area (Å²) in [5.41, 5.74) is 2.19. The Balaban J connectivity index is 2.01. The fourth-order valence-electron chi connectivity index (χ4n) is 1.50. The summed E-state index contributed by atoms with van der Waals surface area (Å²) in [4.78, 5) is 19.8. The van der Waals surface area contributed by atoms with Gasteiger partial charge in [0.2, 0.25) is 5.91 Å². The number of rotatable bonds is 3. The lowest BCUT2D eigenvalue weighted by Crippen LogP contribution is -2.15. The van der Waals surface area contributed by atoms with Crippen LogP contribution in [-0.4, -0.2) is 15.9 Å². The number of hydrogen-bond donors (Lipinski definition) is 1. The zero-order valence-corrected chi connectivity index (χ0v) is 10.6. The molecule has 0 unspecified atom stereocenters. The van der Waals surface area contributed by atoms with Crippen molar-refractivity contribution < 1.29 is 4.79 Å². The second-order valence-electron chi connectivity index (χ2n) is 3.88. The molecule has 0 bridgehead atoms. The van der Waals surface area contributed by atoms with Crippen molar-refractivity contribution in [1.82, 2.24) is 9.97 Å². The molecule has 0 spiro atoms. The number of aryl methyl sites for hydroxylation is 1. The van der Waals surface area contributed by atoms with Gasteiger partial charge in [0.1, 0.15) is 5.15 Å². The summed E-state index contributed by atoms with van der Waals surface area (Å²) < 4.78 is 0. The zero-order valence-electron chi connectivity index (χ0n) is 9.85. The van der Waals surface area contributed by atoms with Crippen LogP contribution in [0.1, 0.15) is 11.3 Å². The Morgan fingerprint density at radius 3 is 2.89 bits per heavy atom. The van der Waals surface area contributed by atoms with Crippen molar-refractivity contribution in [3.8, 4) is 0 Å². The van der Waals surface area contributed by atoms with E-state index in [1.165, 1.54) is 6.20 Å². The van der Waals surface area contributed by atoms with Crippen LogP contribution in [-0.2, 0) is 11.2 Å². The molecule has 2 heterocycles. The summed E-state index contributed by atoms with van der Waals surface area (Å²) >= 11 is 5.81. The Bertz CT molecular complexity index is 557. The lowest BCUT2D eigenvalue weighted by Gasteiger charge is -2.06. The van der Waals surface area contributed by atoms with Crippen molar-refractivity contribution in [2.24, 2.45) is 0 Å². The first-order valence-electron chi connectivity index (χ1n) is 5.47. The van der Waals surface area contributed by atoms with Crippen LogP contribution in [0.3, 0.4) is 0 Å². The van der Waals surface area contributed by atoms with E-state index in [0.717, 1.165) is 11.3 Å². The van der Waals surface area contributed by atoms with Crippen LogP contribution in [0.15, 0.2) is 36.7 Å². The SMILES string of the molecule is Cc1cc(NC(=O)Cc2ccccn2)cnc1Cl. The van der Waals surface area contributed by atoms with Crippen LogP contribution in [0.4, 0.5) is 5.69 Å². The Hall–Kier alpha value is -1.94. The van der Waals surface area contributed by atoms with Gasteiger partial charge in [0.05, 0.1) is 18.3 Å².